The van der Waals surface area contributed by atoms with E-state index in [1.807, 2.05) is 6.07 Å². The molecule has 0 aliphatic carbocycles. The van der Waals surface area contributed by atoms with E-state index in [0.717, 1.165) is 37.0 Å². The van der Waals surface area contributed by atoms with E-state index in [0.29, 0.717) is 6.04 Å². The highest BCUT2D eigenvalue weighted by atomic mass is 15.1. The molecule has 1 heterocycles. The number of imidazole rings is 1. The molecular weight excluding hydrogens is 210 g/mol. The van der Waals surface area contributed by atoms with Gasteiger partial charge in [0.15, 0.2) is 0 Å². The van der Waals surface area contributed by atoms with Crippen LogP contribution < -0.4 is 5.73 Å². The summed E-state index contributed by atoms with van der Waals surface area (Å²) in [6.07, 6.45) is 4.27. The summed E-state index contributed by atoms with van der Waals surface area (Å²) < 4.78 is 2.19. The molecule has 0 aliphatic heterocycles. The molecule has 0 aliphatic rings. The second-order valence-electron chi connectivity index (χ2n) is 4.64. The number of aryl methyl sites for hydroxylation is 2. The Morgan fingerprint density at radius 1 is 1.35 bits per heavy atom. The largest absolute Gasteiger partial charge is 0.331 e. The van der Waals surface area contributed by atoms with E-state index in [4.69, 9.17) is 5.73 Å². The van der Waals surface area contributed by atoms with Crippen LogP contribution in [0.4, 0.5) is 0 Å². The van der Waals surface area contributed by atoms with E-state index in [1.54, 1.807) is 0 Å². The van der Waals surface area contributed by atoms with Gasteiger partial charge in [0.1, 0.15) is 5.82 Å². The van der Waals surface area contributed by atoms with Crippen molar-refractivity contribution in [2.24, 2.45) is 12.8 Å². The maximum absolute atomic E-state index is 5.92. The van der Waals surface area contributed by atoms with Crippen molar-refractivity contribution in [2.45, 2.75) is 38.6 Å². The number of nitrogens with two attached hydrogens (primary N) is 1. The Hall–Kier alpha value is -1.35. The molecule has 0 saturated heterocycles. The second-order valence-corrected chi connectivity index (χ2v) is 4.64. The van der Waals surface area contributed by atoms with Crippen LogP contribution in [-0.2, 0) is 13.5 Å². The molecule has 1 atom stereocenters. The molecule has 0 bridgehead atoms. The Labute approximate surface area is 103 Å². The summed E-state index contributed by atoms with van der Waals surface area (Å²) in [5.41, 5.74) is 8.22. The van der Waals surface area contributed by atoms with E-state index in [9.17, 15) is 0 Å². The van der Waals surface area contributed by atoms with E-state index in [-0.39, 0.29) is 0 Å². The molecule has 17 heavy (non-hydrogen) atoms. The zero-order valence-electron chi connectivity index (χ0n) is 10.7. The first-order chi connectivity index (χ1) is 8.22. The zero-order valence-corrected chi connectivity index (χ0v) is 10.7. The average Bonchev–Trinajstić information content (AvgIpc) is 2.67. The summed E-state index contributed by atoms with van der Waals surface area (Å²) in [5.74, 6) is 1.16. The highest BCUT2D eigenvalue weighted by Gasteiger charge is 2.07. The van der Waals surface area contributed by atoms with Crippen LogP contribution in [0.5, 0.6) is 0 Å². The highest BCUT2D eigenvalue weighted by Crippen LogP contribution is 2.16. The minimum atomic E-state index is 0.338. The molecule has 2 N–H and O–H groups in total. The minimum Gasteiger partial charge on any atom is -0.331 e. The van der Waals surface area contributed by atoms with Crippen LogP contribution in [0.3, 0.4) is 0 Å². The molecule has 2 rings (SSSR count). The van der Waals surface area contributed by atoms with Gasteiger partial charge >= 0.3 is 0 Å². The third kappa shape index (κ3) is 2.67. The lowest BCUT2D eigenvalue weighted by atomic mass is 10.1. The van der Waals surface area contributed by atoms with E-state index in [2.05, 4.69) is 41.7 Å². The Balaban J connectivity index is 2.06. The number of fused-ring (bicyclic) bond motifs is 1. The molecule has 3 heteroatoms. The number of rotatable bonds is 5. The molecule has 0 spiro atoms. The average molecular weight is 231 g/mol. The van der Waals surface area contributed by atoms with Crippen molar-refractivity contribution < 1.29 is 0 Å². The van der Waals surface area contributed by atoms with Crippen LogP contribution in [0.2, 0.25) is 0 Å². The summed E-state index contributed by atoms with van der Waals surface area (Å²) in [7, 11) is 2.09. The number of nitrogens with zero attached hydrogens (tertiary/aromatic N) is 2. The van der Waals surface area contributed by atoms with Crippen LogP contribution in [0, 0.1) is 0 Å². The van der Waals surface area contributed by atoms with Crippen LogP contribution in [0.15, 0.2) is 24.3 Å². The highest BCUT2D eigenvalue weighted by molar-refractivity contribution is 5.75. The Morgan fingerprint density at radius 3 is 2.82 bits per heavy atom. The lowest BCUT2D eigenvalue weighted by Gasteiger charge is -2.07. The zero-order chi connectivity index (χ0) is 12.3. The topological polar surface area (TPSA) is 43.8 Å². The molecule has 0 fully saturated rings. The van der Waals surface area contributed by atoms with Gasteiger partial charge < -0.3 is 10.3 Å². The smallest absolute Gasteiger partial charge is 0.109 e. The quantitative estimate of drug-likeness (QED) is 0.859. The van der Waals surface area contributed by atoms with Gasteiger partial charge in [0.2, 0.25) is 0 Å². The lowest BCUT2D eigenvalue weighted by molar-refractivity contribution is 0.558. The van der Waals surface area contributed by atoms with Crippen LogP contribution in [-0.4, -0.2) is 15.6 Å². The molecule has 0 amide bonds. The SMILES string of the molecule is CCC(N)CCCc1nc2ccccc2n1C. The van der Waals surface area contributed by atoms with Crippen molar-refractivity contribution in [2.75, 3.05) is 0 Å². The molecule has 0 radical (unpaired) electrons. The van der Waals surface area contributed by atoms with Gasteiger partial charge in [-0.25, -0.2) is 4.98 Å². The van der Waals surface area contributed by atoms with Gasteiger partial charge in [0.25, 0.3) is 0 Å². The van der Waals surface area contributed by atoms with Gasteiger partial charge in [-0.1, -0.05) is 19.1 Å². The molecule has 2 aromatic rings. The summed E-state index contributed by atoms with van der Waals surface area (Å²) >= 11 is 0. The molecule has 3 nitrogen and oxygen atoms in total. The number of hydrogen-bond donors (Lipinski definition) is 1. The van der Waals surface area contributed by atoms with Crippen molar-refractivity contribution >= 4 is 11.0 Å². The molecule has 1 aromatic heterocycles. The fourth-order valence-corrected chi connectivity index (χ4v) is 2.15. The van der Waals surface area contributed by atoms with Gasteiger partial charge in [-0.2, -0.15) is 0 Å². The van der Waals surface area contributed by atoms with E-state index >= 15 is 0 Å². The van der Waals surface area contributed by atoms with E-state index < -0.39 is 0 Å². The molecular formula is C14H21N3. The Bertz CT molecular complexity index is 487. The number of para-hydroxylation sites is 2. The molecule has 92 valence electrons. The Morgan fingerprint density at radius 2 is 2.12 bits per heavy atom. The summed E-state index contributed by atoms with van der Waals surface area (Å²) in [6.45, 7) is 2.14. The summed E-state index contributed by atoms with van der Waals surface area (Å²) in [6, 6.07) is 8.61. The Kier molecular flexibility index (Phi) is 3.79. The maximum Gasteiger partial charge on any atom is 0.109 e. The minimum absolute atomic E-state index is 0.338. The first-order valence-electron chi connectivity index (χ1n) is 6.38. The molecule has 0 saturated carbocycles. The molecule has 1 unspecified atom stereocenters. The standard InChI is InChI=1S/C14H21N3/c1-3-11(15)7-6-10-14-16-12-8-4-5-9-13(12)17(14)2/h4-5,8-9,11H,3,6-7,10,15H2,1-2H3. The predicted molar refractivity (Wildman–Crippen MR) is 71.9 cm³/mol. The molecule has 1 aromatic carbocycles. The fraction of sp³-hybridized carbons (Fsp3) is 0.500. The van der Waals surface area contributed by atoms with Crippen LogP contribution in [0.1, 0.15) is 32.0 Å². The first-order valence-corrected chi connectivity index (χ1v) is 6.38. The second kappa shape index (κ2) is 5.32. The first kappa shape index (κ1) is 12.1. The fourth-order valence-electron chi connectivity index (χ4n) is 2.15. The third-order valence-corrected chi connectivity index (χ3v) is 3.38. The lowest BCUT2D eigenvalue weighted by Crippen LogP contribution is -2.18. The van der Waals surface area contributed by atoms with Crippen molar-refractivity contribution in [1.82, 2.24) is 9.55 Å². The monoisotopic (exact) mass is 231 g/mol. The number of aromatic nitrogens is 2. The van der Waals surface area contributed by atoms with E-state index in [1.165, 1.54) is 5.52 Å². The van der Waals surface area contributed by atoms with Gasteiger partial charge in [-0.05, 0) is 31.4 Å². The van der Waals surface area contributed by atoms with Gasteiger partial charge in [-0.3, -0.25) is 0 Å². The van der Waals surface area contributed by atoms with Gasteiger partial charge in [0.05, 0.1) is 11.0 Å². The third-order valence-electron chi connectivity index (χ3n) is 3.38. The van der Waals surface area contributed by atoms with Crippen molar-refractivity contribution in [3.8, 4) is 0 Å². The van der Waals surface area contributed by atoms with Crippen molar-refractivity contribution in [1.29, 1.82) is 0 Å². The number of hydrogen-bond acceptors (Lipinski definition) is 2. The normalized spacial score (nSPS) is 13.1. The van der Waals surface area contributed by atoms with Crippen LogP contribution >= 0.6 is 0 Å². The van der Waals surface area contributed by atoms with Gasteiger partial charge in [0, 0.05) is 19.5 Å². The predicted octanol–water partition coefficient (Wildman–Crippen LogP) is 2.63. The number of benzene rings is 1. The summed E-state index contributed by atoms with van der Waals surface area (Å²) in [4.78, 5) is 4.66. The summed E-state index contributed by atoms with van der Waals surface area (Å²) in [5, 5.41) is 0. The van der Waals surface area contributed by atoms with Crippen molar-refractivity contribution in [3.63, 3.8) is 0 Å². The van der Waals surface area contributed by atoms with Gasteiger partial charge in [-0.15, -0.1) is 0 Å². The van der Waals surface area contributed by atoms with Crippen LogP contribution in [0.25, 0.3) is 11.0 Å². The van der Waals surface area contributed by atoms with Crippen molar-refractivity contribution in [3.05, 3.63) is 30.1 Å². The maximum atomic E-state index is 5.92.